The number of hydroxylamine groups is 2. The molecular weight excluding hydrogens is 178 g/mol. The summed E-state index contributed by atoms with van der Waals surface area (Å²) in [6.45, 7) is 1.39. The molecule has 0 bridgehead atoms. The smallest absolute Gasteiger partial charge is 0.466 e. The van der Waals surface area contributed by atoms with Gasteiger partial charge in [0.2, 0.25) is 0 Å². The largest absolute Gasteiger partial charge is 0.528 e. The maximum Gasteiger partial charge on any atom is 0.528 e. The molecule has 0 fully saturated rings. The van der Waals surface area contributed by atoms with Gasteiger partial charge in [0, 0.05) is 14.1 Å². The molecule has 0 heterocycles. The Morgan fingerprint density at radius 1 is 1.31 bits per heavy atom. The summed E-state index contributed by atoms with van der Waals surface area (Å²) < 4.78 is 8.87. The fourth-order valence-corrected chi connectivity index (χ4v) is 0.529. The van der Waals surface area contributed by atoms with E-state index in [9.17, 15) is 9.59 Å². The van der Waals surface area contributed by atoms with Crippen LogP contribution < -0.4 is 0 Å². The standard InChI is InChI=1S/C7H13NO5/c1-5(6(9)11-4)12-7(10)13-8(2)3/h5H,1-4H3. The molecule has 0 saturated carbocycles. The van der Waals surface area contributed by atoms with Gasteiger partial charge in [0.05, 0.1) is 7.11 Å². The van der Waals surface area contributed by atoms with Crippen LogP contribution in [0.1, 0.15) is 6.92 Å². The molecule has 0 aromatic heterocycles. The van der Waals surface area contributed by atoms with Crippen LogP contribution in [0.2, 0.25) is 0 Å². The van der Waals surface area contributed by atoms with Gasteiger partial charge >= 0.3 is 12.1 Å². The van der Waals surface area contributed by atoms with Crippen molar-refractivity contribution < 1.29 is 23.9 Å². The zero-order chi connectivity index (χ0) is 10.4. The van der Waals surface area contributed by atoms with Gasteiger partial charge in [-0.3, -0.25) is 0 Å². The maximum atomic E-state index is 10.8. The highest BCUT2D eigenvalue weighted by Crippen LogP contribution is 1.97. The van der Waals surface area contributed by atoms with E-state index >= 15 is 0 Å². The van der Waals surface area contributed by atoms with Gasteiger partial charge in [-0.25, -0.2) is 9.59 Å². The van der Waals surface area contributed by atoms with Gasteiger partial charge in [0.15, 0.2) is 6.10 Å². The molecule has 0 aliphatic rings. The average molecular weight is 191 g/mol. The van der Waals surface area contributed by atoms with Crippen LogP contribution in [0, 0.1) is 0 Å². The maximum absolute atomic E-state index is 10.8. The first-order chi connectivity index (χ1) is 5.97. The molecule has 1 unspecified atom stereocenters. The molecule has 76 valence electrons. The number of ether oxygens (including phenoxy) is 2. The highest BCUT2D eigenvalue weighted by molar-refractivity contribution is 5.76. The third kappa shape index (κ3) is 5.02. The normalized spacial score (nSPS) is 12.1. The van der Waals surface area contributed by atoms with E-state index in [1.165, 1.54) is 28.1 Å². The lowest BCUT2D eigenvalue weighted by atomic mass is 10.4. The summed E-state index contributed by atoms with van der Waals surface area (Å²) in [5.41, 5.74) is 0. The van der Waals surface area contributed by atoms with Crippen LogP contribution in [0.25, 0.3) is 0 Å². The Morgan fingerprint density at radius 3 is 2.23 bits per heavy atom. The van der Waals surface area contributed by atoms with E-state index in [0.717, 1.165) is 5.06 Å². The quantitative estimate of drug-likeness (QED) is 0.468. The van der Waals surface area contributed by atoms with E-state index in [2.05, 4.69) is 14.3 Å². The summed E-state index contributed by atoms with van der Waals surface area (Å²) in [7, 11) is 4.24. The molecule has 13 heavy (non-hydrogen) atoms. The van der Waals surface area contributed by atoms with Crippen molar-refractivity contribution in [3.63, 3.8) is 0 Å². The molecule has 0 aromatic rings. The van der Waals surface area contributed by atoms with Crippen LogP contribution in [0.15, 0.2) is 0 Å². The monoisotopic (exact) mass is 191 g/mol. The number of methoxy groups -OCH3 is 1. The van der Waals surface area contributed by atoms with Gasteiger partial charge in [-0.1, -0.05) is 0 Å². The van der Waals surface area contributed by atoms with E-state index in [1.54, 1.807) is 0 Å². The van der Waals surface area contributed by atoms with E-state index < -0.39 is 18.2 Å². The molecule has 0 aromatic carbocycles. The van der Waals surface area contributed by atoms with E-state index in [1.807, 2.05) is 0 Å². The molecule has 6 nitrogen and oxygen atoms in total. The molecular formula is C7H13NO5. The Balaban J connectivity index is 3.85. The lowest BCUT2D eigenvalue weighted by Crippen LogP contribution is -2.28. The number of hydrogen-bond acceptors (Lipinski definition) is 6. The predicted molar refractivity (Wildman–Crippen MR) is 42.7 cm³/mol. The second kappa shape index (κ2) is 5.36. The number of carbonyl (C=O) groups excluding carboxylic acids is 2. The van der Waals surface area contributed by atoms with Gasteiger partial charge in [0.1, 0.15) is 0 Å². The van der Waals surface area contributed by atoms with Crippen molar-refractivity contribution in [3.05, 3.63) is 0 Å². The minimum absolute atomic E-state index is 0.629. The number of rotatable bonds is 3. The van der Waals surface area contributed by atoms with Gasteiger partial charge < -0.3 is 14.3 Å². The Hall–Kier alpha value is -1.30. The van der Waals surface area contributed by atoms with E-state index in [-0.39, 0.29) is 0 Å². The number of hydrogen-bond donors (Lipinski definition) is 0. The lowest BCUT2D eigenvalue weighted by molar-refractivity contribution is -0.155. The minimum Gasteiger partial charge on any atom is -0.466 e. The number of nitrogens with zero attached hydrogens (tertiary/aromatic N) is 1. The highest BCUT2D eigenvalue weighted by Gasteiger charge is 2.19. The van der Waals surface area contributed by atoms with Gasteiger partial charge in [-0.05, 0) is 6.92 Å². The number of esters is 1. The Morgan fingerprint density at radius 2 is 1.85 bits per heavy atom. The predicted octanol–water partition coefficient (Wildman–Crippen LogP) is 0.178. The van der Waals surface area contributed by atoms with Crippen molar-refractivity contribution in [1.82, 2.24) is 5.06 Å². The summed E-state index contributed by atoms with van der Waals surface area (Å²) in [6.07, 6.45) is -1.90. The lowest BCUT2D eigenvalue weighted by Gasteiger charge is -2.13. The zero-order valence-electron chi connectivity index (χ0n) is 8.07. The first-order valence-electron chi connectivity index (χ1n) is 3.61. The molecule has 0 saturated heterocycles. The summed E-state index contributed by atoms with van der Waals surface area (Å²) in [4.78, 5) is 26.0. The zero-order valence-corrected chi connectivity index (χ0v) is 8.07. The molecule has 0 spiro atoms. The second-order valence-corrected chi connectivity index (χ2v) is 2.44. The second-order valence-electron chi connectivity index (χ2n) is 2.44. The minimum atomic E-state index is -0.961. The van der Waals surface area contributed by atoms with Crippen molar-refractivity contribution in [2.24, 2.45) is 0 Å². The third-order valence-electron chi connectivity index (χ3n) is 1.06. The van der Waals surface area contributed by atoms with Crippen LogP contribution >= 0.6 is 0 Å². The Bertz CT molecular complexity index is 191. The molecule has 6 heteroatoms. The average Bonchev–Trinajstić information content (AvgIpc) is 2.01. The van der Waals surface area contributed by atoms with Crippen molar-refractivity contribution in [3.8, 4) is 0 Å². The van der Waals surface area contributed by atoms with Crippen molar-refractivity contribution in [1.29, 1.82) is 0 Å². The van der Waals surface area contributed by atoms with Crippen molar-refractivity contribution in [2.75, 3.05) is 21.2 Å². The van der Waals surface area contributed by atoms with Gasteiger partial charge in [-0.15, -0.1) is 5.06 Å². The van der Waals surface area contributed by atoms with Gasteiger partial charge in [0.25, 0.3) is 0 Å². The van der Waals surface area contributed by atoms with Crippen LogP contribution in [0.3, 0.4) is 0 Å². The van der Waals surface area contributed by atoms with E-state index in [4.69, 9.17) is 0 Å². The van der Waals surface area contributed by atoms with Gasteiger partial charge in [-0.2, -0.15) is 0 Å². The van der Waals surface area contributed by atoms with Crippen LogP contribution in [0.5, 0.6) is 0 Å². The van der Waals surface area contributed by atoms with E-state index in [0.29, 0.717) is 0 Å². The molecule has 0 N–H and O–H groups in total. The molecule has 0 amide bonds. The van der Waals surface area contributed by atoms with Crippen LogP contribution in [-0.2, 0) is 19.1 Å². The fraction of sp³-hybridized carbons (Fsp3) is 0.714. The summed E-state index contributed by atoms with van der Waals surface area (Å²) >= 11 is 0. The molecule has 0 aliphatic carbocycles. The topological polar surface area (TPSA) is 65.1 Å². The van der Waals surface area contributed by atoms with Crippen LogP contribution in [0.4, 0.5) is 4.79 Å². The van der Waals surface area contributed by atoms with Crippen molar-refractivity contribution >= 4 is 12.1 Å². The first-order valence-corrected chi connectivity index (χ1v) is 3.61. The molecule has 1 atom stereocenters. The first kappa shape index (κ1) is 11.7. The third-order valence-corrected chi connectivity index (χ3v) is 1.06. The summed E-state index contributed by atoms with van der Waals surface area (Å²) in [6, 6.07) is 0. The summed E-state index contributed by atoms with van der Waals surface area (Å²) in [5, 5.41) is 1.16. The van der Waals surface area contributed by atoms with Crippen molar-refractivity contribution in [2.45, 2.75) is 13.0 Å². The molecule has 0 rings (SSSR count). The summed E-state index contributed by atoms with van der Waals surface area (Å²) in [5.74, 6) is -0.629. The molecule has 0 radical (unpaired) electrons. The fourth-order valence-electron chi connectivity index (χ4n) is 0.529. The SMILES string of the molecule is COC(=O)C(C)OC(=O)ON(C)C. The van der Waals surface area contributed by atoms with Crippen LogP contribution in [-0.4, -0.2) is 44.5 Å². The highest BCUT2D eigenvalue weighted by atomic mass is 16.8. The number of carbonyl (C=O) groups is 2. The Labute approximate surface area is 76.3 Å². The Kier molecular flexibility index (Phi) is 4.83. The molecule has 0 aliphatic heterocycles.